The van der Waals surface area contributed by atoms with Gasteiger partial charge in [0.2, 0.25) is 0 Å². The number of fused-ring (bicyclic) bond motifs is 1. The molecule has 6 nitrogen and oxygen atoms in total. The van der Waals surface area contributed by atoms with Crippen molar-refractivity contribution in [1.29, 1.82) is 5.41 Å². The Hall–Kier alpha value is -1.89. The lowest BCUT2D eigenvalue weighted by Crippen LogP contribution is -2.27. The third kappa shape index (κ3) is 1.54. The molecule has 2 heterocycles. The highest BCUT2D eigenvalue weighted by Crippen LogP contribution is 2.16. The number of esters is 1. The molecule has 0 aliphatic heterocycles. The average Bonchev–Trinajstić information content (AvgIpc) is 2.71. The summed E-state index contributed by atoms with van der Waals surface area (Å²) in [5.74, 6) is -0.705. The van der Waals surface area contributed by atoms with Gasteiger partial charge in [-0.2, -0.15) is 4.73 Å². The first kappa shape index (κ1) is 10.6. The van der Waals surface area contributed by atoms with E-state index in [1.807, 2.05) is 0 Å². The Morgan fingerprint density at radius 2 is 2.50 bits per heavy atom. The molecule has 0 bridgehead atoms. The predicted octanol–water partition coefficient (Wildman–Crippen LogP) is 0.991. The molecule has 0 atom stereocenters. The van der Waals surface area contributed by atoms with Crippen LogP contribution in [0.1, 0.15) is 17.4 Å². The molecular formula is C9H9N3O3S. The first-order valence-corrected chi connectivity index (χ1v) is 5.44. The summed E-state index contributed by atoms with van der Waals surface area (Å²) in [6.07, 6.45) is 0. The molecular weight excluding hydrogens is 230 g/mol. The van der Waals surface area contributed by atoms with Crippen LogP contribution in [0.2, 0.25) is 0 Å². The summed E-state index contributed by atoms with van der Waals surface area (Å²) in [6.45, 7) is 1.87. The Balaban J connectivity index is 2.66. The van der Waals surface area contributed by atoms with Gasteiger partial charge in [0.15, 0.2) is 16.0 Å². The minimum absolute atomic E-state index is 0.185. The molecule has 0 fully saturated rings. The quantitative estimate of drug-likeness (QED) is 0.604. The molecule has 0 saturated heterocycles. The summed E-state index contributed by atoms with van der Waals surface area (Å²) in [6, 6.07) is 1.66. The Kier molecular flexibility index (Phi) is 2.61. The van der Waals surface area contributed by atoms with E-state index in [2.05, 4.69) is 4.98 Å². The van der Waals surface area contributed by atoms with Gasteiger partial charge in [0, 0.05) is 0 Å². The van der Waals surface area contributed by atoms with E-state index in [0.717, 1.165) is 0 Å². The van der Waals surface area contributed by atoms with Crippen LogP contribution in [0.25, 0.3) is 10.3 Å². The predicted molar refractivity (Wildman–Crippen MR) is 56.6 cm³/mol. The van der Waals surface area contributed by atoms with Crippen molar-refractivity contribution in [3.05, 3.63) is 22.6 Å². The van der Waals surface area contributed by atoms with Gasteiger partial charge >= 0.3 is 5.97 Å². The van der Waals surface area contributed by atoms with Gasteiger partial charge in [0.25, 0.3) is 0 Å². The zero-order valence-corrected chi connectivity index (χ0v) is 9.24. The third-order valence-electron chi connectivity index (χ3n) is 1.95. The van der Waals surface area contributed by atoms with Gasteiger partial charge in [0.05, 0.1) is 6.61 Å². The number of carbonyl (C=O) groups is 1. The van der Waals surface area contributed by atoms with Gasteiger partial charge in [-0.15, -0.1) is 11.3 Å². The van der Waals surface area contributed by atoms with Crippen molar-refractivity contribution < 1.29 is 14.7 Å². The summed E-state index contributed by atoms with van der Waals surface area (Å²) in [5, 5.41) is 18.9. The molecule has 7 heteroatoms. The molecule has 0 radical (unpaired) electrons. The van der Waals surface area contributed by atoms with Crippen LogP contribution in [0.4, 0.5) is 0 Å². The number of nitrogens with one attached hydrogen (secondary N) is 1. The molecule has 0 aromatic carbocycles. The van der Waals surface area contributed by atoms with Gasteiger partial charge in [-0.05, 0) is 18.4 Å². The SMILES string of the molecule is CCOC(=O)c1nc2ccsc2n(O)c1=N. The van der Waals surface area contributed by atoms with Crippen molar-refractivity contribution in [3.8, 4) is 0 Å². The molecule has 0 amide bonds. The third-order valence-corrected chi connectivity index (χ3v) is 2.83. The lowest BCUT2D eigenvalue weighted by atomic mass is 10.4. The Morgan fingerprint density at radius 1 is 1.75 bits per heavy atom. The van der Waals surface area contributed by atoms with E-state index in [1.165, 1.54) is 11.3 Å². The second-order valence-electron chi connectivity index (χ2n) is 2.95. The molecule has 2 aromatic rings. The van der Waals surface area contributed by atoms with Crippen LogP contribution in [-0.2, 0) is 4.74 Å². The van der Waals surface area contributed by atoms with E-state index in [9.17, 15) is 10.0 Å². The monoisotopic (exact) mass is 239 g/mol. The van der Waals surface area contributed by atoms with Gasteiger partial charge in [-0.25, -0.2) is 9.78 Å². The van der Waals surface area contributed by atoms with Crippen LogP contribution >= 0.6 is 11.3 Å². The summed E-state index contributed by atoms with van der Waals surface area (Å²) >= 11 is 1.24. The lowest BCUT2D eigenvalue weighted by Gasteiger charge is -2.04. The molecule has 0 saturated carbocycles. The fourth-order valence-corrected chi connectivity index (χ4v) is 2.01. The van der Waals surface area contributed by atoms with Crippen molar-refractivity contribution >= 4 is 27.7 Å². The van der Waals surface area contributed by atoms with Crippen molar-refractivity contribution in [1.82, 2.24) is 9.71 Å². The second kappa shape index (κ2) is 3.93. The minimum atomic E-state index is -0.705. The lowest BCUT2D eigenvalue weighted by molar-refractivity contribution is 0.0510. The van der Waals surface area contributed by atoms with E-state index in [1.54, 1.807) is 18.4 Å². The number of aromatic nitrogens is 2. The van der Waals surface area contributed by atoms with E-state index in [4.69, 9.17) is 10.1 Å². The fraction of sp³-hybridized carbons (Fsp3) is 0.222. The number of nitrogens with zero attached hydrogens (tertiary/aromatic N) is 2. The fourth-order valence-electron chi connectivity index (χ4n) is 1.26. The Bertz CT molecular complexity index is 602. The number of ether oxygens (including phenoxy) is 1. The van der Waals surface area contributed by atoms with Crippen LogP contribution in [0.15, 0.2) is 11.4 Å². The normalized spacial score (nSPS) is 10.6. The maximum Gasteiger partial charge on any atom is 0.360 e. The number of carbonyl (C=O) groups excluding carboxylic acids is 1. The number of thiophene rings is 1. The molecule has 0 unspecified atom stereocenters. The smallest absolute Gasteiger partial charge is 0.360 e. The molecule has 2 N–H and O–H groups in total. The highest BCUT2D eigenvalue weighted by atomic mass is 32.1. The summed E-state index contributed by atoms with van der Waals surface area (Å²) in [4.78, 5) is 15.9. The maximum absolute atomic E-state index is 11.5. The molecule has 0 aliphatic carbocycles. The summed E-state index contributed by atoms with van der Waals surface area (Å²) < 4.78 is 5.38. The topological polar surface area (TPSA) is 88.2 Å². The van der Waals surface area contributed by atoms with Gasteiger partial charge in [-0.3, -0.25) is 5.41 Å². The first-order chi connectivity index (χ1) is 7.65. The van der Waals surface area contributed by atoms with E-state index >= 15 is 0 Å². The molecule has 16 heavy (non-hydrogen) atoms. The number of hydrogen-bond donors (Lipinski definition) is 2. The first-order valence-electron chi connectivity index (χ1n) is 4.56. The number of hydrogen-bond acceptors (Lipinski definition) is 6. The van der Waals surface area contributed by atoms with Gasteiger partial charge < -0.3 is 9.94 Å². The van der Waals surface area contributed by atoms with Crippen molar-refractivity contribution in [2.24, 2.45) is 0 Å². The second-order valence-corrected chi connectivity index (χ2v) is 3.85. The van der Waals surface area contributed by atoms with Crippen LogP contribution in [0.5, 0.6) is 0 Å². The maximum atomic E-state index is 11.5. The highest BCUT2D eigenvalue weighted by Gasteiger charge is 2.16. The Labute approximate surface area is 94.2 Å². The zero-order chi connectivity index (χ0) is 11.7. The molecule has 2 aromatic heterocycles. The van der Waals surface area contributed by atoms with Gasteiger partial charge in [-0.1, -0.05) is 0 Å². The average molecular weight is 239 g/mol. The van der Waals surface area contributed by atoms with E-state index < -0.39 is 5.97 Å². The van der Waals surface area contributed by atoms with Crippen LogP contribution in [0.3, 0.4) is 0 Å². The van der Waals surface area contributed by atoms with Crippen LogP contribution in [-0.4, -0.2) is 27.5 Å². The summed E-state index contributed by atoms with van der Waals surface area (Å²) in [7, 11) is 0. The standard InChI is InChI=1S/C9H9N3O3S/c1-2-15-9(13)6-7(10)12(14)8-5(11-6)3-4-16-8/h3-4,10,14H,2H2,1H3. The van der Waals surface area contributed by atoms with Crippen LogP contribution in [0, 0.1) is 5.41 Å². The van der Waals surface area contributed by atoms with Gasteiger partial charge in [0.1, 0.15) is 5.52 Å². The molecule has 84 valence electrons. The van der Waals surface area contributed by atoms with E-state index in [0.29, 0.717) is 15.1 Å². The minimum Gasteiger partial charge on any atom is -0.461 e. The summed E-state index contributed by atoms with van der Waals surface area (Å²) in [5.41, 5.74) is -0.0878. The van der Waals surface area contributed by atoms with Crippen molar-refractivity contribution in [2.45, 2.75) is 6.92 Å². The zero-order valence-electron chi connectivity index (χ0n) is 8.43. The highest BCUT2D eigenvalue weighted by molar-refractivity contribution is 7.16. The Morgan fingerprint density at radius 3 is 3.19 bits per heavy atom. The molecule has 0 spiro atoms. The molecule has 2 rings (SSSR count). The van der Waals surface area contributed by atoms with E-state index in [-0.39, 0.29) is 17.8 Å². The largest absolute Gasteiger partial charge is 0.461 e. The number of rotatable bonds is 2. The van der Waals surface area contributed by atoms with Crippen molar-refractivity contribution in [2.75, 3.05) is 6.61 Å². The molecule has 0 aliphatic rings. The van der Waals surface area contributed by atoms with Crippen molar-refractivity contribution in [3.63, 3.8) is 0 Å². The van der Waals surface area contributed by atoms with Crippen LogP contribution < -0.4 is 5.49 Å².